The zero-order valence-corrected chi connectivity index (χ0v) is 9.87. The summed E-state index contributed by atoms with van der Waals surface area (Å²) in [6.45, 7) is 0. The molecule has 0 radical (unpaired) electrons. The van der Waals surface area contributed by atoms with Crippen molar-refractivity contribution in [3.8, 4) is 0 Å². The molecule has 0 saturated heterocycles. The van der Waals surface area contributed by atoms with Crippen LogP contribution in [0.3, 0.4) is 0 Å². The number of amidine groups is 1. The molecule has 2 aliphatic rings. The molecule has 2 rings (SSSR count). The van der Waals surface area contributed by atoms with Crippen LogP contribution in [0, 0.1) is 5.92 Å². The van der Waals surface area contributed by atoms with E-state index < -0.39 is 0 Å². The third kappa shape index (κ3) is 1.75. The second kappa shape index (κ2) is 3.59. The van der Waals surface area contributed by atoms with Gasteiger partial charge in [-0.15, -0.1) is 0 Å². The number of amides is 1. The summed E-state index contributed by atoms with van der Waals surface area (Å²) in [5, 5.41) is 1.38. The molecular formula is C7H5BrN2OS2. The molecule has 0 aromatic heterocycles. The van der Waals surface area contributed by atoms with E-state index in [-0.39, 0.29) is 11.8 Å². The van der Waals surface area contributed by atoms with Crippen molar-refractivity contribution in [2.75, 3.05) is 6.26 Å². The van der Waals surface area contributed by atoms with Crippen molar-refractivity contribution in [3.63, 3.8) is 0 Å². The Morgan fingerprint density at radius 2 is 2.38 bits per heavy atom. The number of carbonyl (C=O) groups excluding carboxylic acids is 1. The quantitative estimate of drug-likeness (QED) is 0.682. The molecule has 0 fully saturated rings. The molecule has 2 aliphatic heterocycles. The summed E-state index contributed by atoms with van der Waals surface area (Å²) in [7, 11) is 0. The van der Waals surface area contributed by atoms with Crippen LogP contribution < -0.4 is 0 Å². The third-order valence-corrected chi connectivity index (χ3v) is 3.81. The topological polar surface area (TPSA) is 41.8 Å². The van der Waals surface area contributed by atoms with E-state index in [0.29, 0.717) is 5.17 Å². The highest BCUT2D eigenvalue weighted by molar-refractivity contribution is 9.14. The lowest BCUT2D eigenvalue weighted by Gasteiger charge is -2.10. The number of nitrogens with zero attached hydrogens (tertiary/aromatic N) is 2. The fourth-order valence-electron chi connectivity index (χ4n) is 1.04. The Kier molecular flexibility index (Phi) is 2.62. The predicted octanol–water partition coefficient (Wildman–Crippen LogP) is 2.24. The summed E-state index contributed by atoms with van der Waals surface area (Å²) < 4.78 is 0.946. The Labute approximate surface area is 92.3 Å². The van der Waals surface area contributed by atoms with Gasteiger partial charge in [0.15, 0.2) is 5.17 Å². The smallest absolute Gasteiger partial charge is 0.261 e. The molecule has 2 heterocycles. The first kappa shape index (κ1) is 9.48. The van der Waals surface area contributed by atoms with Crippen LogP contribution in [0.4, 0.5) is 0 Å². The number of hydrogen-bond donors (Lipinski definition) is 0. The molecule has 1 unspecified atom stereocenters. The van der Waals surface area contributed by atoms with Gasteiger partial charge in [-0.25, -0.2) is 4.99 Å². The molecule has 1 amide bonds. The number of aliphatic imine (C=N–C) groups is 2. The van der Waals surface area contributed by atoms with Gasteiger partial charge in [0, 0.05) is 0 Å². The first-order valence-corrected chi connectivity index (χ1v) is 6.34. The zero-order valence-electron chi connectivity index (χ0n) is 6.65. The van der Waals surface area contributed by atoms with Crippen molar-refractivity contribution >= 4 is 55.6 Å². The van der Waals surface area contributed by atoms with Crippen LogP contribution in [0.1, 0.15) is 0 Å². The van der Waals surface area contributed by atoms with Crippen molar-refractivity contribution in [2.24, 2.45) is 15.9 Å². The van der Waals surface area contributed by atoms with E-state index in [1.165, 1.54) is 23.5 Å². The number of halogens is 1. The molecule has 0 spiro atoms. The van der Waals surface area contributed by atoms with Crippen molar-refractivity contribution < 1.29 is 4.79 Å². The van der Waals surface area contributed by atoms with Crippen molar-refractivity contribution in [1.82, 2.24) is 0 Å². The van der Waals surface area contributed by atoms with Crippen LogP contribution in [-0.4, -0.2) is 22.4 Å². The number of thioether (sulfide) groups is 2. The van der Waals surface area contributed by atoms with Gasteiger partial charge in [0.05, 0.1) is 8.86 Å². The van der Waals surface area contributed by atoms with Gasteiger partial charge in [-0.05, 0) is 28.3 Å². The van der Waals surface area contributed by atoms with Crippen LogP contribution in [-0.2, 0) is 4.79 Å². The minimum absolute atomic E-state index is 0.115. The van der Waals surface area contributed by atoms with Crippen molar-refractivity contribution in [3.05, 3.63) is 9.89 Å². The molecular weight excluding hydrogens is 272 g/mol. The first-order chi connectivity index (χ1) is 6.20. The maximum Gasteiger partial charge on any atom is 0.261 e. The Hall–Kier alpha value is -0.0700. The average Bonchev–Trinajstić information content (AvgIpc) is 2.46. The summed E-state index contributed by atoms with van der Waals surface area (Å²) in [4.78, 5) is 19.5. The minimum Gasteiger partial charge on any atom is -0.271 e. The molecule has 13 heavy (non-hydrogen) atoms. The minimum atomic E-state index is -0.240. The molecule has 0 aromatic carbocycles. The Morgan fingerprint density at radius 1 is 1.62 bits per heavy atom. The van der Waals surface area contributed by atoms with E-state index in [1.54, 1.807) is 0 Å². The second-order valence-corrected chi connectivity index (χ2v) is 5.65. The van der Waals surface area contributed by atoms with Gasteiger partial charge in [-0.2, -0.15) is 4.99 Å². The maximum atomic E-state index is 11.4. The Morgan fingerprint density at radius 3 is 3.08 bits per heavy atom. The standard InChI is InChI=1S/C7H5BrN2OS2/c1-12-7-9-5(11)3-2-4(8)13-6(3)10-7/h2-3H,1H3. The molecule has 1 atom stereocenters. The largest absolute Gasteiger partial charge is 0.271 e. The molecule has 0 N–H and O–H groups in total. The molecule has 6 heteroatoms. The van der Waals surface area contributed by atoms with E-state index in [1.807, 2.05) is 12.3 Å². The normalized spacial score (nSPS) is 26.5. The third-order valence-electron chi connectivity index (χ3n) is 1.63. The van der Waals surface area contributed by atoms with Crippen LogP contribution in [0.2, 0.25) is 0 Å². The van der Waals surface area contributed by atoms with E-state index in [9.17, 15) is 4.79 Å². The van der Waals surface area contributed by atoms with Crippen molar-refractivity contribution in [2.45, 2.75) is 0 Å². The number of rotatable bonds is 0. The average molecular weight is 277 g/mol. The lowest BCUT2D eigenvalue weighted by Crippen LogP contribution is -2.21. The van der Waals surface area contributed by atoms with Gasteiger partial charge < -0.3 is 0 Å². The number of hydrogen-bond acceptors (Lipinski definition) is 4. The van der Waals surface area contributed by atoms with E-state index in [2.05, 4.69) is 25.9 Å². The van der Waals surface area contributed by atoms with Gasteiger partial charge in [0.2, 0.25) is 0 Å². The summed E-state index contributed by atoms with van der Waals surface area (Å²) >= 11 is 6.21. The van der Waals surface area contributed by atoms with E-state index in [0.717, 1.165) is 8.86 Å². The second-order valence-electron chi connectivity index (χ2n) is 2.44. The Balaban J connectivity index is 2.34. The van der Waals surface area contributed by atoms with E-state index in [4.69, 9.17) is 0 Å². The summed E-state index contributed by atoms with van der Waals surface area (Å²) in [6, 6.07) is 0. The fourth-order valence-corrected chi connectivity index (χ4v) is 3.07. The fraction of sp³-hybridized carbons (Fsp3) is 0.286. The highest BCUT2D eigenvalue weighted by Crippen LogP contribution is 2.38. The first-order valence-electron chi connectivity index (χ1n) is 3.51. The van der Waals surface area contributed by atoms with Gasteiger partial charge >= 0.3 is 0 Å². The van der Waals surface area contributed by atoms with Gasteiger partial charge in [-0.3, -0.25) is 4.79 Å². The molecule has 3 nitrogen and oxygen atoms in total. The molecule has 0 saturated carbocycles. The lowest BCUT2D eigenvalue weighted by molar-refractivity contribution is -0.118. The summed E-state index contributed by atoms with van der Waals surface area (Å²) in [6.07, 6.45) is 3.70. The van der Waals surface area contributed by atoms with Gasteiger partial charge in [0.1, 0.15) is 5.92 Å². The van der Waals surface area contributed by atoms with Crippen molar-refractivity contribution in [1.29, 1.82) is 0 Å². The molecule has 0 aromatic rings. The highest BCUT2D eigenvalue weighted by atomic mass is 79.9. The lowest BCUT2D eigenvalue weighted by atomic mass is 10.1. The number of fused-ring (bicyclic) bond motifs is 1. The van der Waals surface area contributed by atoms with Gasteiger partial charge in [0.25, 0.3) is 5.91 Å². The number of carbonyl (C=O) groups is 1. The summed E-state index contributed by atoms with van der Waals surface area (Å²) in [5.41, 5.74) is 0. The Bertz CT molecular complexity index is 362. The molecule has 68 valence electrons. The van der Waals surface area contributed by atoms with Crippen LogP contribution >= 0.6 is 39.5 Å². The highest BCUT2D eigenvalue weighted by Gasteiger charge is 2.32. The van der Waals surface area contributed by atoms with Crippen LogP contribution in [0.5, 0.6) is 0 Å². The maximum absolute atomic E-state index is 11.4. The predicted molar refractivity (Wildman–Crippen MR) is 61.5 cm³/mol. The summed E-state index contributed by atoms with van der Waals surface area (Å²) in [5.74, 6) is -0.355. The monoisotopic (exact) mass is 276 g/mol. The molecule has 0 aliphatic carbocycles. The molecule has 0 bridgehead atoms. The van der Waals surface area contributed by atoms with Crippen LogP contribution in [0.15, 0.2) is 19.9 Å². The van der Waals surface area contributed by atoms with Gasteiger partial charge in [-0.1, -0.05) is 23.5 Å². The SMILES string of the molecule is CSC1=NC(=O)C2C=C(Br)SC2=N1. The zero-order chi connectivity index (χ0) is 9.42. The van der Waals surface area contributed by atoms with Crippen LogP contribution in [0.25, 0.3) is 0 Å². The van der Waals surface area contributed by atoms with E-state index >= 15 is 0 Å².